The van der Waals surface area contributed by atoms with Gasteiger partial charge in [0.1, 0.15) is 12.6 Å². The number of carbonyl (C=O) groups excluding carboxylic acids is 2. The molecule has 7 nitrogen and oxygen atoms in total. The van der Waals surface area contributed by atoms with E-state index in [2.05, 4.69) is 21.2 Å². The summed E-state index contributed by atoms with van der Waals surface area (Å²) in [4.78, 5) is 27.8. The molecular formula is C23H29BrClN3O4S. The van der Waals surface area contributed by atoms with Crippen LogP contribution in [0.1, 0.15) is 32.3 Å². The maximum absolute atomic E-state index is 13.5. The minimum Gasteiger partial charge on any atom is -0.354 e. The first kappa shape index (κ1) is 27.1. The minimum absolute atomic E-state index is 0.145. The number of amides is 2. The van der Waals surface area contributed by atoms with Gasteiger partial charge in [0.05, 0.1) is 11.9 Å². The highest BCUT2D eigenvalue weighted by Crippen LogP contribution is 2.22. The summed E-state index contributed by atoms with van der Waals surface area (Å²) in [7, 11) is -3.75. The second-order valence-corrected chi connectivity index (χ2v) is 10.9. The first-order valence-corrected chi connectivity index (χ1v) is 13.6. The number of hydrogen-bond donors (Lipinski definition) is 1. The van der Waals surface area contributed by atoms with E-state index in [-0.39, 0.29) is 12.5 Å². The Morgan fingerprint density at radius 1 is 1.06 bits per heavy atom. The van der Waals surface area contributed by atoms with Crippen molar-refractivity contribution in [1.29, 1.82) is 0 Å². The van der Waals surface area contributed by atoms with Crippen LogP contribution in [0.15, 0.2) is 53.0 Å². The number of halogens is 2. The van der Waals surface area contributed by atoms with E-state index >= 15 is 0 Å². The molecule has 2 aromatic carbocycles. The van der Waals surface area contributed by atoms with Crippen LogP contribution in [0.2, 0.25) is 5.02 Å². The minimum atomic E-state index is -3.75. The molecule has 1 unspecified atom stereocenters. The largest absolute Gasteiger partial charge is 0.354 e. The van der Waals surface area contributed by atoms with Crippen molar-refractivity contribution in [2.75, 3.05) is 23.7 Å². The van der Waals surface area contributed by atoms with Crippen LogP contribution in [0.3, 0.4) is 0 Å². The van der Waals surface area contributed by atoms with E-state index in [4.69, 9.17) is 11.6 Å². The molecule has 2 amide bonds. The predicted molar refractivity (Wildman–Crippen MR) is 136 cm³/mol. The van der Waals surface area contributed by atoms with Crippen molar-refractivity contribution in [2.45, 2.75) is 39.3 Å². The first-order chi connectivity index (χ1) is 15.6. The van der Waals surface area contributed by atoms with E-state index in [9.17, 15) is 18.0 Å². The van der Waals surface area contributed by atoms with Gasteiger partial charge in [0, 0.05) is 22.6 Å². The van der Waals surface area contributed by atoms with Crippen molar-refractivity contribution < 1.29 is 18.0 Å². The molecule has 10 heteroatoms. The highest BCUT2D eigenvalue weighted by atomic mass is 79.9. The Morgan fingerprint density at radius 2 is 1.67 bits per heavy atom. The summed E-state index contributed by atoms with van der Waals surface area (Å²) in [6.07, 6.45) is 2.20. The second-order valence-electron chi connectivity index (χ2n) is 7.61. The number of sulfonamides is 1. The molecular weight excluding hydrogens is 530 g/mol. The number of rotatable bonds is 11. The van der Waals surface area contributed by atoms with Gasteiger partial charge in [-0.05, 0) is 54.8 Å². The number of anilines is 1. The normalized spacial score (nSPS) is 12.2. The smallest absolute Gasteiger partial charge is 0.244 e. The number of nitrogens with one attached hydrogen (secondary N) is 1. The number of hydrogen-bond acceptors (Lipinski definition) is 4. The lowest BCUT2D eigenvalue weighted by Crippen LogP contribution is -2.52. The fourth-order valence-electron chi connectivity index (χ4n) is 3.29. The van der Waals surface area contributed by atoms with Gasteiger partial charge < -0.3 is 10.2 Å². The van der Waals surface area contributed by atoms with Gasteiger partial charge in [-0.25, -0.2) is 8.42 Å². The molecule has 0 heterocycles. The predicted octanol–water partition coefficient (Wildman–Crippen LogP) is 4.20. The zero-order valence-corrected chi connectivity index (χ0v) is 22.1. The Balaban J connectivity index is 2.39. The van der Waals surface area contributed by atoms with Gasteiger partial charge in [0.15, 0.2) is 0 Å². The molecule has 1 N–H and O–H groups in total. The monoisotopic (exact) mass is 557 g/mol. The Labute approximate surface area is 209 Å². The summed E-state index contributed by atoms with van der Waals surface area (Å²) in [6.45, 7) is 3.98. The van der Waals surface area contributed by atoms with E-state index in [1.54, 1.807) is 48.5 Å². The van der Waals surface area contributed by atoms with Crippen LogP contribution < -0.4 is 9.62 Å². The van der Waals surface area contributed by atoms with Gasteiger partial charge in [-0.15, -0.1) is 0 Å². The van der Waals surface area contributed by atoms with Gasteiger partial charge >= 0.3 is 0 Å². The highest BCUT2D eigenvalue weighted by molar-refractivity contribution is 9.10. The summed E-state index contributed by atoms with van der Waals surface area (Å²) < 4.78 is 26.9. The maximum Gasteiger partial charge on any atom is 0.244 e. The van der Waals surface area contributed by atoms with Crippen molar-refractivity contribution in [3.8, 4) is 0 Å². The van der Waals surface area contributed by atoms with Crippen LogP contribution in [0.4, 0.5) is 5.69 Å². The van der Waals surface area contributed by atoms with Crippen molar-refractivity contribution in [3.63, 3.8) is 0 Å². The molecule has 0 radical (unpaired) electrons. The molecule has 0 fully saturated rings. The Hall–Kier alpha value is -2.10. The van der Waals surface area contributed by atoms with Gasteiger partial charge in [-0.3, -0.25) is 13.9 Å². The van der Waals surface area contributed by atoms with Crippen LogP contribution in [0, 0.1) is 0 Å². The average molecular weight is 559 g/mol. The number of benzene rings is 2. The zero-order valence-electron chi connectivity index (χ0n) is 18.9. The quantitative estimate of drug-likeness (QED) is 0.448. The van der Waals surface area contributed by atoms with Crippen LogP contribution >= 0.6 is 27.5 Å². The van der Waals surface area contributed by atoms with Gasteiger partial charge in [-0.2, -0.15) is 0 Å². The lowest BCUT2D eigenvalue weighted by Gasteiger charge is -2.33. The molecule has 1 atom stereocenters. The third kappa shape index (κ3) is 8.01. The zero-order chi connectivity index (χ0) is 24.6. The molecule has 180 valence electrons. The molecule has 0 spiro atoms. The van der Waals surface area contributed by atoms with Gasteiger partial charge in [-0.1, -0.05) is 53.5 Å². The summed E-state index contributed by atoms with van der Waals surface area (Å²) in [5.74, 6) is -0.743. The fraction of sp³-hybridized carbons (Fsp3) is 0.391. The summed E-state index contributed by atoms with van der Waals surface area (Å²) in [5.41, 5.74) is 1.15. The van der Waals surface area contributed by atoms with Crippen molar-refractivity contribution in [3.05, 3.63) is 63.6 Å². The lowest BCUT2D eigenvalue weighted by atomic mass is 10.1. The Bertz CT molecular complexity index is 1050. The Morgan fingerprint density at radius 3 is 2.18 bits per heavy atom. The molecule has 0 bridgehead atoms. The topological polar surface area (TPSA) is 86.8 Å². The van der Waals surface area contributed by atoms with Crippen LogP contribution in [0.25, 0.3) is 0 Å². The fourth-order valence-corrected chi connectivity index (χ4v) is 4.53. The molecule has 0 aliphatic rings. The molecule has 2 rings (SSSR count). The molecule has 0 aliphatic carbocycles. The van der Waals surface area contributed by atoms with Crippen molar-refractivity contribution >= 4 is 55.1 Å². The lowest BCUT2D eigenvalue weighted by molar-refractivity contribution is -0.140. The SMILES string of the molecule is CCCNC(=O)C(CC)N(Cc1ccc(Cl)cc1)C(=O)CN(c1ccc(Br)cc1)S(C)(=O)=O. The third-order valence-corrected chi connectivity index (χ3v) is 6.92. The van der Waals surface area contributed by atoms with E-state index in [1.165, 1.54) is 4.90 Å². The summed E-state index contributed by atoms with van der Waals surface area (Å²) in [6, 6.07) is 12.9. The molecule has 0 aliphatic heterocycles. The molecule has 0 saturated heterocycles. The second kappa shape index (κ2) is 12.4. The summed E-state index contributed by atoms with van der Waals surface area (Å²) >= 11 is 9.31. The van der Waals surface area contributed by atoms with E-state index in [1.807, 2.05) is 13.8 Å². The number of carbonyl (C=O) groups is 2. The van der Waals surface area contributed by atoms with E-state index in [0.29, 0.717) is 23.7 Å². The van der Waals surface area contributed by atoms with Crippen LogP contribution in [-0.4, -0.2) is 50.5 Å². The number of nitrogens with zero attached hydrogens (tertiary/aromatic N) is 2. The molecule has 0 aromatic heterocycles. The standard InChI is InChI=1S/C23H29BrClN3O4S/c1-4-14-26-23(30)21(5-2)27(15-17-6-10-19(25)11-7-17)22(29)16-28(33(3,31)32)20-12-8-18(24)9-13-20/h6-13,21H,4-5,14-16H2,1-3H3,(H,26,30). The Kier molecular flexibility index (Phi) is 10.2. The van der Waals surface area contributed by atoms with E-state index < -0.39 is 28.5 Å². The van der Waals surface area contributed by atoms with Gasteiger partial charge in [0.2, 0.25) is 21.8 Å². The van der Waals surface area contributed by atoms with Gasteiger partial charge in [0.25, 0.3) is 0 Å². The van der Waals surface area contributed by atoms with Crippen LogP contribution in [-0.2, 0) is 26.2 Å². The summed E-state index contributed by atoms with van der Waals surface area (Å²) in [5, 5.41) is 3.40. The van der Waals surface area contributed by atoms with E-state index in [0.717, 1.165) is 27.0 Å². The van der Waals surface area contributed by atoms with Crippen molar-refractivity contribution in [2.24, 2.45) is 0 Å². The maximum atomic E-state index is 13.5. The average Bonchev–Trinajstić information content (AvgIpc) is 2.77. The molecule has 0 saturated carbocycles. The molecule has 2 aromatic rings. The third-order valence-electron chi connectivity index (χ3n) is 5.00. The van der Waals surface area contributed by atoms with Crippen LogP contribution in [0.5, 0.6) is 0 Å². The molecule has 33 heavy (non-hydrogen) atoms. The van der Waals surface area contributed by atoms with Crippen molar-refractivity contribution in [1.82, 2.24) is 10.2 Å². The first-order valence-electron chi connectivity index (χ1n) is 10.6. The highest BCUT2D eigenvalue weighted by Gasteiger charge is 2.31.